The third-order valence-electron chi connectivity index (χ3n) is 0. The van der Waals surface area contributed by atoms with Gasteiger partial charge in [-0.15, -0.1) is 0 Å². The normalized spacial score (nSPS) is 8.00. The predicted molar refractivity (Wildman–Crippen MR) is 58.0 cm³/mol. The molecule has 14 heavy (non-hydrogen) atoms. The highest BCUT2D eigenvalue weighted by Crippen LogP contribution is 1.60. The van der Waals surface area contributed by atoms with Gasteiger partial charge >= 0.3 is 0 Å². The molecule has 7 heteroatoms. The Morgan fingerprint density at radius 2 is 1.07 bits per heavy atom. The van der Waals surface area contributed by atoms with Crippen molar-refractivity contribution in [3.63, 3.8) is 0 Å². The molecule has 0 amide bonds. The summed E-state index contributed by atoms with van der Waals surface area (Å²) in [5.41, 5.74) is 0. The first-order chi connectivity index (χ1) is 6.24. The van der Waals surface area contributed by atoms with Gasteiger partial charge in [-0.25, -0.2) is 0 Å². The lowest BCUT2D eigenvalue weighted by Gasteiger charge is -1.69. The molecule has 0 bridgehead atoms. The Kier molecular flexibility index (Phi) is 38.7. The second kappa shape index (κ2) is 23.0. The fraction of sp³-hybridized carbons (Fsp3) is 1.00. The summed E-state index contributed by atoms with van der Waals surface area (Å²) in [6.07, 6.45) is 0.715. The Morgan fingerprint density at radius 3 is 1.07 bits per heavy atom. The van der Waals surface area contributed by atoms with Gasteiger partial charge in [-0.1, -0.05) is 0 Å². The summed E-state index contributed by atoms with van der Waals surface area (Å²) in [4.78, 5) is 0. The van der Waals surface area contributed by atoms with Crippen molar-refractivity contribution in [3.05, 3.63) is 0 Å². The Morgan fingerprint density at radius 1 is 1.07 bits per heavy atom. The van der Waals surface area contributed by atoms with E-state index >= 15 is 0 Å². The fourth-order valence-corrected chi connectivity index (χ4v) is 0. The van der Waals surface area contributed by atoms with Crippen molar-refractivity contribution < 1.29 is 23.2 Å². The first kappa shape index (κ1) is 23.5. The number of aliphatic hydroxyl groups excluding tert-OH is 2. The molecule has 0 radical (unpaired) electrons. The van der Waals surface area contributed by atoms with Gasteiger partial charge in [-0.2, -0.15) is 8.42 Å². The molecule has 4 N–H and O–H groups in total. The molecule has 0 saturated carbocycles. The second-order valence-electron chi connectivity index (χ2n) is 1.87. The molecule has 0 fully saturated rings. The average Bonchev–Trinajstić information content (AvgIpc) is 1.86. The number of nitrogens with one attached hydrogen (secondary N) is 1. The van der Waals surface area contributed by atoms with Crippen LogP contribution in [0.15, 0.2) is 0 Å². The topological polar surface area (TPSA) is 107 Å². The smallest absolute Gasteiger partial charge is 0.261 e. The molecule has 0 unspecified atom stereocenters. The number of aliphatic hydroxyl groups is 2. The number of hydrogen-bond donors (Lipinski definition) is 4. The zero-order chi connectivity index (χ0) is 12.6. The van der Waals surface area contributed by atoms with Gasteiger partial charge in [0.15, 0.2) is 0 Å². The largest absolute Gasteiger partial charge is 0.397 e. The minimum Gasteiger partial charge on any atom is -0.397 e. The first-order valence-electron chi connectivity index (χ1n) is 3.97. The Balaban J connectivity index is -0.0000000495. The SMILES string of the molecule is CCO.CCO.CNC.CS(=O)(=O)O. The molecule has 0 aromatic heterocycles. The summed E-state index contributed by atoms with van der Waals surface area (Å²) < 4.78 is 25.9. The van der Waals surface area contributed by atoms with Crippen molar-refractivity contribution >= 4 is 10.1 Å². The van der Waals surface area contributed by atoms with Crippen LogP contribution in [0.25, 0.3) is 0 Å². The zero-order valence-corrected chi connectivity index (χ0v) is 10.3. The molecule has 0 aliphatic carbocycles. The quantitative estimate of drug-likeness (QED) is 0.414. The van der Waals surface area contributed by atoms with E-state index in [4.69, 9.17) is 14.8 Å². The molecule has 92 valence electrons. The van der Waals surface area contributed by atoms with Gasteiger partial charge in [0, 0.05) is 13.2 Å². The van der Waals surface area contributed by atoms with Gasteiger partial charge in [0.2, 0.25) is 0 Å². The molecule has 0 heterocycles. The van der Waals surface area contributed by atoms with Crippen LogP contribution in [-0.4, -0.2) is 56.7 Å². The van der Waals surface area contributed by atoms with Gasteiger partial charge in [0.25, 0.3) is 10.1 Å². The minimum atomic E-state index is -3.67. The van der Waals surface area contributed by atoms with Crippen molar-refractivity contribution in [2.24, 2.45) is 0 Å². The lowest BCUT2D eigenvalue weighted by atomic mass is 10.9. The summed E-state index contributed by atoms with van der Waals surface area (Å²) in [6, 6.07) is 0. The first-order valence-corrected chi connectivity index (χ1v) is 5.82. The van der Waals surface area contributed by atoms with Crippen LogP contribution >= 0.6 is 0 Å². The summed E-state index contributed by atoms with van der Waals surface area (Å²) in [5, 5.41) is 17.9. The molecule has 0 atom stereocenters. The Hall–Kier alpha value is -0.210. The van der Waals surface area contributed by atoms with Crippen molar-refractivity contribution in [3.8, 4) is 0 Å². The summed E-state index contributed by atoms with van der Waals surface area (Å²) in [7, 11) is 0.0833. The summed E-state index contributed by atoms with van der Waals surface area (Å²) in [6.45, 7) is 3.86. The van der Waals surface area contributed by atoms with Crippen LogP contribution in [0.5, 0.6) is 0 Å². The van der Waals surface area contributed by atoms with Gasteiger partial charge in [-0.3, -0.25) is 4.55 Å². The van der Waals surface area contributed by atoms with Crippen LogP contribution in [-0.2, 0) is 10.1 Å². The van der Waals surface area contributed by atoms with Crippen LogP contribution in [0.3, 0.4) is 0 Å². The Labute approximate surface area is 86.7 Å². The molecule has 0 aromatic rings. The predicted octanol–water partition coefficient (Wildman–Crippen LogP) is -0.663. The van der Waals surface area contributed by atoms with E-state index in [1.807, 2.05) is 14.1 Å². The maximum atomic E-state index is 9.19. The van der Waals surface area contributed by atoms with E-state index in [1.54, 1.807) is 13.8 Å². The standard InChI is InChI=1S/C2H7N.2C2H6O.CH4O3S/c1-3-2;2*1-2-3;1-5(2,3)4/h3H,1-2H3;2*3H,2H2,1H3;1H3,(H,2,3,4). The maximum Gasteiger partial charge on any atom is 0.261 e. The molecule has 0 aromatic carbocycles. The van der Waals surface area contributed by atoms with Crippen molar-refractivity contribution in [1.29, 1.82) is 0 Å². The van der Waals surface area contributed by atoms with Gasteiger partial charge in [-0.05, 0) is 27.9 Å². The highest BCUT2D eigenvalue weighted by molar-refractivity contribution is 7.85. The third kappa shape index (κ3) is 31100. The molecular weight excluding hydrogens is 210 g/mol. The van der Waals surface area contributed by atoms with Crippen LogP contribution < -0.4 is 5.32 Å². The molecule has 0 spiro atoms. The molecule has 0 rings (SSSR count). The molecular formula is C7H23NO5S. The van der Waals surface area contributed by atoms with Crippen LogP contribution in [0, 0.1) is 0 Å². The Bertz CT molecular complexity index is 133. The zero-order valence-electron chi connectivity index (χ0n) is 9.48. The molecule has 0 aliphatic heterocycles. The lowest BCUT2D eigenvalue weighted by molar-refractivity contribution is 0.318. The number of hydrogen-bond acceptors (Lipinski definition) is 5. The van der Waals surface area contributed by atoms with Crippen molar-refractivity contribution in [2.45, 2.75) is 13.8 Å². The van der Waals surface area contributed by atoms with Gasteiger partial charge in [0.1, 0.15) is 0 Å². The summed E-state index contributed by atoms with van der Waals surface area (Å²) in [5.74, 6) is 0. The second-order valence-corrected chi connectivity index (χ2v) is 3.33. The monoisotopic (exact) mass is 233 g/mol. The van der Waals surface area contributed by atoms with Crippen LogP contribution in [0.4, 0.5) is 0 Å². The van der Waals surface area contributed by atoms with Gasteiger partial charge in [0.05, 0.1) is 6.26 Å². The average molecular weight is 233 g/mol. The van der Waals surface area contributed by atoms with Crippen molar-refractivity contribution in [1.82, 2.24) is 5.32 Å². The van der Waals surface area contributed by atoms with E-state index in [2.05, 4.69) is 5.32 Å². The fourth-order valence-electron chi connectivity index (χ4n) is 0. The van der Waals surface area contributed by atoms with E-state index < -0.39 is 10.1 Å². The van der Waals surface area contributed by atoms with E-state index in [9.17, 15) is 8.42 Å². The van der Waals surface area contributed by atoms with E-state index in [0.717, 1.165) is 0 Å². The van der Waals surface area contributed by atoms with E-state index in [1.165, 1.54) is 0 Å². The van der Waals surface area contributed by atoms with E-state index in [-0.39, 0.29) is 13.2 Å². The van der Waals surface area contributed by atoms with Crippen LogP contribution in [0.2, 0.25) is 0 Å². The molecule has 0 saturated heterocycles. The lowest BCUT2D eigenvalue weighted by Crippen LogP contribution is -1.89. The number of rotatable bonds is 0. The maximum absolute atomic E-state index is 9.19. The van der Waals surface area contributed by atoms with Crippen molar-refractivity contribution in [2.75, 3.05) is 33.6 Å². The highest BCUT2D eigenvalue weighted by Gasteiger charge is 1.81. The third-order valence-corrected chi connectivity index (χ3v) is 0. The van der Waals surface area contributed by atoms with E-state index in [0.29, 0.717) is 6.26 Å². The highest BCUT2D eigenvalue weighted by atomic mass is 32.2. The molecule has 0 aliphatic rings. The summed E-state index contributed by atoms with van der Waals surface area (Å²) >= 11 is 0. The van der Waals surface area contributed by atoms with Crippen LogP contribution in [0.1, 0.15) is 13.8 Å². The minimum absolute atomic E-state index is 0.250. The van der Waals surface area contributed by atoms with Gasteiger partial charge < -0.3 is 15.5 Å². The molecule has 6 nitrogen and oxygen atoms in total.